The largest absolute Gasteiger partial charge is 0.497 e. The van der Waals surface area contributed by atoms with Crippen molar-refractivity contribution in [3.05, 3.63) is 59.8 Å². The Balaban J connectivity index is 2.08. The molecule has 0 aromatic heterocycles. The van der Waals surface area contributed by atoms with E-state index >= 15 is 0 Å². The van der Waals surface area contributed by atoms with Gasteiger partial charge in [0.15, 0.2) is 0 Å². The Hall–Kier alpha value is -3.28. The number of ether oxygens (including phenoxy) is 2. The molecule has 1 N–H and O–H groups in total. The molecule has 0 saturated carbocycles. The maximum absolute atomic E-state index is 12.6. The highest BCUT2D eigenvalue weighted by Crippen LogP contribution is 2.33. The Morgan fingerprint density at radius 2 is 1.56 bits per heavy atom. The van der Waals surface area contributed by atoms with Gasteiger partial charge in [0.25, 0.3) is 11.8 Å². The van der Waals surface area contributed by atoms with Crippen molar-refractivity contribution in [1.29, 1.82) is 0 Å². The quantitative estimate of drug-likeness (QED) is 0.849. The molecule has 2 amide bonds. The first-order valence-corrected chi connectivity index (χ1v) is 7.68. The average Bonchev–Trinajstić information content (AvgIpc) is 2.86. The number of hydrogen-bond acceptors (Lipinski definition) is 5. The number of nitrogens with one attached hydrogen (secondary N) is 1. The third kappa shape index (κ3) is 2.94. The van der Waals surface area contributed by atoms with Gasteiger partial charge in [0.05, 0.1) is 25.5 Å². The molecule has 0 bridgehead atoms. The number of amides is 2. The van der Waals surface area contributed by atoms with Crippen LogP contribution in [0.3, 0.4) is 0 Å². The van der Waals surface area contributed by atoms with Crippen molar-refractivity contribution in [2.75, 3.05) is 26.6 Å². The Morgan fingerprint density at radius 1 is 0.880 bits per heavy atom. The molecule has 0 unspecified atom stereocenters. The zero-order chi connectivity index (χ0) is 18.0. The lowest BCUT2D eigenvalue weighted by Crippen LogP contribution is -2.27. The zero-order valence-electron chi connectivity index (χ0n) is 14.2. The van der Waals surface area contributed by atoms with Crippen molar-refractivity contribution in [3.8, 4) is 11.5 Å². The van der Waals surface area contributed by atoms with Gasteiger partial charge in [-0.05, 0) is 29.8 Å². The van der Waals surface area contributed by atoms with E-state index in [1.54, 1.807) is 50.6 Å². The van der Waals surface area contributed by atoms with Gasteiger partial charge in [-0.2, -0.15) is 0 Å². The summed E-state index contributed by atoms with van der Waals surface area (Å²) in [7, 11) is 4.58. The van der Waals surface area contributed by atoms with E-state index in [2.05, 4.69) is 5.32 Å². The summed E-state index contributed by atoms with van der Waals surface area (Å²) >= 11 is 0. The molecule has 1 aliphatic rings. The van der Waals surface area contributed by atoms with Crippen LogP contribution in [0.1, 0.15) is 5.56 Å². The van der Waals surface area contributed by atoms with Crippen LogP contribution in [0.4, 0.5) is 5.69 Å². The summed E-state index contributed by atoms with van der Waals surface area (Å²) in [4.78, 5) is 26.2. The topological polar surface area (TPSA) is 67.9 Å². The number of imide groups is 1. The predicted molar refractivity (Wildman–Crippen MR) is 94.3 cm³/mol. The summed E-state index contributed by atoms with van der Waals surface area (Å²) < 4.78 is 10.4. The summed E-state index contributed by atoms with van der Waals surface area (Å²) in [6, 6.07) is 14.2. The van der Waals surface area contributed by atoms with Crippen LogP contribution in [0.2, 0.25) is 0 Å². The number of carbonyl (C=O) groups is 2. The smallest absolute Gasteiger partial charge is 0.277 e. The van der Waals surface area contributed by atoms with Crippen molar-refractivity contribution in [1.82, 2.24) is 4.90 Å². The van der Waals surface area contributed by atoms with E-state index in [4.69, 9.17) is 9.47 Å². The summed E-state index contributed by atoms with van der Waals surface area (Å²) in [6.45, 7) is 0. The van der Waals surface area contributed by atoms with Gasteiger partial charge in [0.1, 0.15) is 17.2 Å². The first-order valence-electron chi connectivity index (χ1n) is 7.68. The Kier molecular flexibility index (Phi) is 4.43. The van der Waals surface area contributed by atoms with Gasteiger partial charge in [-0.25, -0.2) is 0 Å². The molecule has 0 atom stereocenters. The third-order valence-corrected chi connectivity index (χ3v) is 4.03. The molecule has 6 heteroatoms. The zero-order valence-corrected chi connectivity index (χ0v) is 14.2. The highest BCUT2D eigenvalue weighted by molar-refractivity contribution is 6.36. The summed E-state index contributed by atoms with van der Waals surface area (Å²) in [6.07, 6.45) is 0. The van der Waals surface area contributed by atoms with E-state index in [1.807, 2.05) is 12.1 Å². The predicted octanol–water partition coefficient (Wildman–Crippen LogP) is 2.53. The Bertz CT molecular complexity index is 856. The van der Waals surface area contributed by atoms with Crippen LogP contribution in [0.25, 0.3) is 5.57 Å². The number of para-hydroxylation sites is 2. The Labute approximate surface area is 145 Å². The summed E-state index contributed by atoms with van der Waals surface area (Å²) in [5.41, 5.74) is 1.80. The fourth-order valence-corrected chi connectivity index (χ4v) is 2.67. The first-order chi connectivity index (χ1) is 12.1. The van der Waals surface area contributed by atoms with Crippen molar-refractivity contribution < 1.29 is 19.1 Å². The molecule has 2 aromatic rings. The highest BCUT2D eigenvalue weighted by Gasteiger charge is 2.37. The standard InChI is InChI=1S/C19H18N2O4/c1-21-18(22)16(12-8-10-13(24-2)11-9-12)17(19(21)23)20-14-6-4-5-7-15(14)25-3/h4-11,20H,1-3H3. The molecule has 128 valence electrons. The fourth-order valence-electron chi connectivity index (χ4n) is 2.67. The molecular weight excluding hydrogens is 320 g/mol. The normalized spacial score (nSPS) is 14.1. The van der Waals surface area contributed by atoms with E-state index in [9.17, 15) is 9.59 Å². The van der Waals surface area contributed by atoms with Gasteiger partial charge in [0, 0.05) is 7.05 Å². The molecule has 2 aromatic carbocycles. The van der Waals surface area contributed by atoms with Crippen molar-refractivity contribution in [2.24, 2.45) is 0 Å². The summed E-state index contributed by atoms with van der Waals surface area (Å²) in [5.74, 6) is 0.516. The minimum Gasteiger partial charge on any atom is -0.497 e. The SMILES string of the molecule is COc1ccc(C2=C(Nc3ccccc3OC)C(=O)N(C)C2=O)cc1. The van der Waals surface area contributed by atoms with E-state index in [-0.39, 0.29) is 17.5 Å². The van der Waals surface area contributed by atoms with Crippen LogP contribution >= 0.6 is 0 Å². The van der Waals surface area contributed by atoms with E-state index in [0.29, 0.717) is 28.3 Å². The van der Waals surface area contributed by atoms with Gasteiger partial charge < -0.3 is 14.8 Å². The van der Waals surface area contributed by atoms with Crippen molar-refractivity contribution in [2.45, 2.75) is 0 Å². The van der Waals surface area contributed by atoms with E-state index in [1.165, 1.54) is 7.05 Å². The molecule has 0 fully saturated rings. The highest BCUT2D eigenvalue weighted by atomic mass is 16.5. The maximum Gasteiger partial charge on any atom is 0.277 e. The second-order valence-corrected chi connectivity index (χ2v) is 5.47. The molecule has 0 aliphatic carbocycles. The second kappa shape index (κ2) is 6.68. The molecule has 6 nitrogen and oxygen atoms in total. The van der Waals surface area contributed by atoms with Crippen LogP contribution in [0, 0.1) is 0 Å². The molecule has 0 saturated heterocycles. The molecule has 1 heterocycles. The molecule has 0 spiro atoms. The number of carbonyl (C=O) groups excluding carboxylic acids is 2. The van der Waals surface area contributed by atoms with Gasteiger partial charge in [-0.3, -0.25) is 14.5 Å². The number of rotatable bonds is 5. The van der Waals surface area contributed by atoms with Crippen molar-refractivity contribution in [3.63, 3.8) is 0 Å². The average molecular weight is 338 g/mol. The van der Waals surface area contributed by atoms with Crippen LogP contribution in [-0.2, 0) is 9.59 Å². The maximum atomic E-state index is 12.6. The lowest BCUT2D eigenvalue weighted by molar-refractivity contribution is -0.135. The molecular formula is C19H18N2O4. The molecule has 25 heavy (non-hydrogen) atoms. The number of nitrogens with zero attached hydrogens (tertiary/aromatic N) is 1. The summed E-state index contributed by atoms with van der Waals surface area (Å²) in [5, 5.41) is 3.06. The van der Waals surface area contributed by atoms with Crippen LogP contribution in [-0.4, -0.2) is 38.0 Å². The third-order valence-electron chi connectivity index (χ3n) is 4.03. The number of likely N-dealkylation sites (N-methyl/N-ethyl adjacent to an activating group) is 1. The number of benzene rings is 2. The minimum absolute atomic E-state index is 0.224. The Morgan fingerprint density at radius 3 is 2.20 bits per heavy atom. The number of hydrogen-bond donors (Lipinski definition) is 1. The van der Waals surface area contributed by atoms with Gasteiger partial charge in [-0.15, -0.1) is 0 Å². The lowest BCUT2D eigenvalue weighted by Gasteiger charge is -2.12. The molecule has 1 aliphatic heterocycles. The lowest BCUT2D eigenvalue weighted by atomic mass is 10.0. The van der Waals surface area contributed by atoms with Crippen molar-refractivity contribution >= 4 is 23.1 Å². The van der Waals surface area contributed by atoms with Gasteiger partial charge in [-0.1, -0.05) is 24.3 Å². The van der Waals surface area contributed by atoms with Crippen LogP contribution in [0.5, 0.6) is 11.5 Å². The number of methoxy groups -OCH3 is 2. The second-order valence-electron chi connectivity index (χ2n) is 5.47. The van der Waals surface area contributed by atoms with Crippen LogP contribution in [0.15, 0.2) is 54.2 Å². The van der Waals surface area contributed by atoms with E-state index in [0.717, 1.165) is 4.90 Å². The van der Waals surface area contributed by atoms with Gasteiger partial charge in [0.2, 0.25) is 0 Å². The van der Waals surface area contributed by atoms with E-state index < -0.39 is 0 Å². The van der Waals surface area contributed by atoms with Crippen LogP contribution < -0.4 is 14.8 Å². The number of anilines is 1. The monoisotopic (exact) mass is 338 g/mol. The first kappa shape index (κ1) is 16.6. The molecule has 3 rings (SSSR count). The minimum atomic E-state index is -0.387. The van der Waals surface area contributed by atoms with Gasteiger partial charge >= 0.3 is 0 Å². The fraction of sp³-hybridized carbons (Fsp3) is 0.158. The molecule has 0 radical (unpaired) electrons.